The lowest BCUT2D eigenvalue weighted by Crippen LogP contribution is -1.99. The van der Waals surface area contributed by atoms with Crippen LogP contribution >= 0.6 is 0 Å². The number of aryl methyl sites for hydroxylation is 2. The molecule has 84 valence electrons. The Hall–Kier alpha value is -1.57. The normalized spacial score (nSPS) is 11.3. The average molecular weight is 214 g/mol. The van der Waals surface area contributed by atoms with Crippen molar-refractivity contribution in [3.05, 3.63) is 35.0 Å². The number of nitrogens with two attached hydrogens (primary N) is 1. The predicted molar refractivity (Wildman–Crippen MR) is 69.7 cm³/mol. The van der Waals surface area contributed by atoms with Crippen molar-refractivity contribution in [3.63, 3.8) is 0 Å². The van der Waals surface area contributed by atoms with Gasteiger partial charge in [-0.2, -0.15) is 0 Å². The van der Waals surface area contributed by atoms with Gasteiger partial charge in [0.25, 0.3) is 0 Å². The van der Waals surface area contributed by atoms with Gasteiger partial charge in [0, 0.05) is 16.8 Å². The van der Waals surface area contributed by atoms with E-state index in [1.54, 1.807) is 0 Å². The maximum absolute atomic E-state index is 6.11. The van der Waals surface area contributed by atoms with E-state index in [1.165, 1.54) is 11.1 Å². The molecule has 0 aliphatic carbocycles. The molecule has 0 amide bonds. The summed E-state index contributed by atoms with van der Waals surface area (Å²) in [7, 11) is 0. The SMILES string of the molecule is Cc1cc(C)c2c(N)cc(C(C)C)nc2c1. The zero-order chi connectivity index (χ0) is 11.9. The first-order valence-electron chi connectivity index (χ1n) is 5.66. The molecule has 1 heterocycles. The molecule has 0 atom stereocenters. The molecular weight excluding hydrogens is 196 g/mol. The summed E-state index contributed by atoms with van der Waals surface area (Å²) in [6.45, 7) is 8.45. The molecule has 16 heavy (non-hydrogen) atoms. The minimum absolute atomic E-state index is 0.410. The fourth-order valence-corrected chi connectivity index (χ4v) is 2.11. The zero-order valence-corrected chi connectivity index (χ0v) is 10.3. The maximum Gasteiger partial charge on any atom is 0.0731 e. The van der Waals surface area contributed by atoms with Crippen LogP contribution in [0.4, 0.5) is 5.69 Å². The Bertz CT molecular complexity index is 542. The first kappa shape index (κ1) is 10.9. The molecule has 0 radical (unpaired) electrons. The largest absolute Gasteiger partial charge is 0.398 e. The first-order chi connectivity index (χ1) is 7.49. The minimum Gasteiger partial charge on any atom is -0.398 e. The topological polar surface area (TPSA) is 38.9 Å². The summed E-state index contributed by atoms with van der Waals surface area (Å²) in [5.74, 6) is 0.410. The summed E-state index contributed by atoms with van der Waals surface area (Å²) < 4.78 is 0. The van der Waals surface area contributed by atoms with Gasteiger partial charge >= 0.3 is 0 Å². The number of rotatable bonds is 1. The number of benzene rings is 1. The predicted octanol–water partition coefficient (Wildman–Crippen LogP) is 3.56. The Labute approximate surface area is 96.5 Å². The molecule has 0 aliphatic heterocycles. The molecule has 0 saturated heterocycles. The third kappa shape index (κ3) is 1.75. The minimum atomic E-state index is 0.410. The van der Waals surface area contributed by atoms with Gasteiger partial charge in [0.1, 0.15) is 0 Å². The maximum atomic E-state index is 6.11. The lowest BCUT2D eigenvalue weighted by atomic mass is 10.0. The summed E-state index contributed by atoms with van der Waals surface area (Å²) in [5.41, 5.74) is 11.5. The number of nitrogens with zero attached hydrogens (tertiary/aromatic N) is 1. The van der Waals surface area contributed by atoms with Gasteiger partial charge in [-0.15, -0.1) is 0 Å². The van der Waals surface area contributed by atoms with E-state index < -0.39 is 0 Å². The van der Waals surface area contributed by atoms with Crippen LogP contribution < -0.4 is 5.73 Å². The van der Waals surface area contributed by atoms with Crippen LogP contribution in [0.15, 0.2) is 18.2 Å². The van der Waals surface area contributed by atoms with Crippen molar-refractivity contribution in [2.45, 2.75) is 33.6 Å². The van der Waals surface area contributed by atoms with Gasteiger partial charge in [0.2, 0.25) is 0 Å². The molecule has 2 aromatic rings. The van der Waals surface area contributed by atoms with Crippen LogP contribution in [0.25, 0.3) is 10.9 Å². The highest BCUT2D eigenvalue weighted by molar-refractivity contribution is 5.93. The molecule has 0 unspecified atom stereocenters. The summed E-state index contributed by atoms with van der Waals surface area (Å²) >= 11 is 0. The smallest absolute Gasteiger partial charge is 0.0731 e. The van der Waals surface area contributed by atoms with Crippen molar-refractivity contribution in [1.82, 2.24) is 4.98 Å². The van der Waals surface area contributed by atoms with Gasteiger partial charge < -0.3 is 5.73 Å². The number of fused-ring (bicyclic) bond motifs is 1. The molecule has 1 aromatic carbocycles. The second-order valence-electron chi connectivity index (χ2n) is 4.77. The standard InChI is InChI=1S/C14H18N2/c1-8(2)12-7-11(15)14-10(4)5-9(3)6-13(14)16-12/h5-8H,1-4H3,(H2,15,16). The van der Waals surface area contributed by atoms with Crippen LogP contribution in [0, 0.1) is 13.8 Å². The molecule has 2 rings (SSSR count). The van der Waals surface area contributed by atoms with Crippen LogP contribution in [-0.2, 0) is 0 Å². The van der Waals surface area contributed by atoms with Crippen LogP contribution in [-0.4, -0.2) is 4.98 Å². The van der Waals surface area contributed by atoms with E-state index in [0.29, 0.717) is 5.92 Å². The van der Waals surface area contributed by atoms with Crippen LogP contribution in [0.1, 0.15) is 36.6 Å². The average Bonchev–Trinajstić information content (AvgIpc) is 2.15. The zero-order valence-electron chi connectivity index (χ0n) is 10.3. The van der Waals surface area contributed by atoms with Crippen LogP contribution in [0.3, 0.4) is 0 Å². The number of anilines is 1. The number of pyridine rings is 1. The van der Waals surface area contributed by atoms with E-state index in [4.69, 9.17) is 5.73 Å². The number of nitrogen functional groups attached to an aromatic ring is 1. The Morgan fingerprint density at radius 3 is 2.44 bits per heavy atom. The van der Waals surface area contributed by atoms with E-state index in [-0.39, 0.29) is 0 Å². The molecule has 0 bridgehead atoms. The highest BCUT2D eigenvalue weighted by Gasteiger charge is 2.08. The van der Waals surface area contributed by atoms with Gasteiger partial charge in [-0.05, 0) is 43.0 Å². The molecule has 1 aromatic heterocycles. The Balaban J connectivity index is 2.81. The van der Waals surface area contributed by atoms with Crippen molar-refractivity contribution < 1.29 is 0 Å². The van der Waals surface area contributed by atoms with Gasteiger partial charge in [-0.25, -0.2) is 0 Å². The molecule has 2 nitrogen and oxygen atoms in total. The van der Waals surface area contributed by atoms with E-state index in [0.717, 1.165) is 22.3 Å². The Morgan fingerprint density at radius 2 is 1.81 bits per heavy atom. The highest BCUT2D eigenvalue weighted by Crippen LogP contribution is 2.27. The van der Waals surface area contributed by atoms with Gasteiger partial charge in [-0.1, -0.05) is 19.9 Å². The van der Waals surface area contributed by atoms with Crippen molar-refractivity contribution in [2.24, 2.45) is 0 Å². The summed E-state index contributed by atoms with van der Waals surface area (Å²) in [5, 5.41) is 1.09. The van der Waals surface area contributed by atoms with Crippen LogP contribution in [0.2, 0.25) is 0 Å². The second kappa shape index (κ2) is 3.78. The summed E-state index contributed by atoms with van der Waals surface area (Å²) in [4.78, 5) is 4.68. The van der Waals surface area contributed by atoms with E-state index in [9.17, 15) is 0 Å². The fourth-order valence-electron chi connectivity index (χ4n) is 2.11. The summed E-state index contributed by atoms with van der Waals surface area (Å²) in [6, 6.07) is 6.25. The first-order valence-corrected chi connectivity index (χ1v) is 5.66. The molecule has 0 spiro atoms. The second-order valence-corrected chi connectivity index (χ2v) is 4.77. The molecular formula is C14H18N2. The van der Waals surface area contributed by atoms with Gasteiger partial charge in [-0.3, -0.25) is 4.98 Å². The van der Waals surface area contributed by atoms with E-state index in [1.807, 2.05) is 6.07 Å². The number of hydrogen-bond donors (Lipinski definition) is 1. The Kier molecular flexibility index (Phi) is 2.58. The van der Waals surface area contributed by atoms with Gasteiger partial charge in [0.05, 0.1) is 5.52 Å². The van der Waals surface area contributed by atoms with E-state index >= 15 is 0 Å². The lowest BCUT2D eigenvalue weighted by Gasteiger charge is -2.11. The molecule has 0 saturated carbocycles. The monoisotopic (exact) mass is 214 g/mol. The third-order valence-electron chi connectivity index (χ3n) is 2.89. The molecule has 0 aliphatic rings. The molecule has 2 heteroatoms. The number of aromatic nitrogens is 1. The highest BCUT2D eigenvalue weighted by atomic mass is 14.7. The number of hydrogen-bond acceptors (Lipinski definition) is 2. The molecule has 0 fully saturated rings. The fraction of sp³-hybridized carbons (Fsp3) is 0.357. The lowest BCUT2D eigenvalue weighted by molar-refractivity contribution is 0.830. The van der Waals surface area contributed by atoms with Crippen LogP contribution in [0.5, 0.6) is 0 Å². The van der Waals surface area contributed by atoms with Crippen molar-refractivity contribution in [2.75, 3.05) is 5.73 Å². The summed E-state index contributed by atoms with van der Waals surface area (Å²) in [6.07, 6.45) is 0. The molecule has 2 N–H and O–H groups in total. The Morgan fingerprint density at radius 1 is 1.12 bits per heavy atom. The van der Waals surface area contributed by atoms with Crippen molar-refractivity contribution in [3.8, 4) is 0 Å². The quantitative estimate of drug-likeness (QED) is 0.788. The van der Waals surface area contributed by atoms with Gasteiger partial charge in [0.15, 0.2) is 0 Å². The van der Waals surface area contributed by atoms with Crippen molar-refractivity contribution >= 4 is 16.6 Å². The van der Waals surface area contributed by atoms with E-state index in [2.05, 4.69) is 44.8 Å². The third-order valence-corrected chi connectivity index (χ3v) is 2.89. The van der Waals surface area contributed by atoms with Crippen molar-refractivity contribution in [1.29, 1.82) is 0 Å².